The molecular formula is C11H15ClO3. The van der Waals surface area contributed by atoms with E-state index in [1.54, 1.807) is 6.07 Å². The van der Waals surface area contributed by atoms with E-state index in [4.69, 9.17) is 11.9 Å². The van der Waals surface area contributed by atoms with E-state index < -0.39 is 0 Å². The molecular weight excluding hydrogens is 216 g/mol. The molecule has 0 spiro atoms. The molecule has 1 aromatic rings. The van der Waals surface area contributed by atoms with Crippen molar-refractivity contribution in [2.24, 2.45) is 0 Å². The van der Waals surface area contributed by atoms with Gasteiger partial charge in [-0.1, -0.05) is 20.8 Å². The Morgan fingerprint density at radius 3 is 2.33 bits per heavy atom. The average molecular weight is 231 g/mol. The fraction of sp³-hybridized carbons (Fsp3) is 0.455. The lowest BCUT2D eigenvalue weighted by molar-refractivity contribution is 0.336. The zero-order chi connectivity index (χ0) is 11.6. The SMILES string of the molecule is CC(C)(C)c1cc(COCl)cc(O)c1O. The monoisotopic (exact) mass is 230 g/mol. The second-order valence-electron chi connectivity index (χ2n) is 4.51. The van der Waals surface area contributed by atoms with Gasteiger partial charge in [-0.2, -0.15) is 0 Å². The molecule has 0 atom stereocenters. The number of rotatable bonds is 2. The molecule has 4 heteroatoms. The Bertz CT molecular complexity index is 356. The molecule has 2 N–H and O–H groups in total. The molecule has 0 radical (unpaired) electrons. The van der Waals surface area contributed by atoms with Crippen molar-refractivity contribution in [3.63, 3.8) is 0 Å². The van der Waals surface area contributed by atoms with Crippen LogP contribution >= 0.6 is 11.9 Å². The van der Waals surface area contributed by atoms with Crippen LogP contribution in [-0.2, 0) is 16.3 Å². The average Bonchev–Trinajstić information content (AvgIpc) is 2.09. The summed E-state index contributed by atoms with van der Waals surface area (Å²) in [5, 5.41) is 19.2. The number of halogens is 1. The van der Waals surface area contributed by atoms with Gasteiger partial charge in [0.1, 0.15) is 0 Å². The molecule has 0 unspecified atom stereocenters. The minimum absolute atomic E-state index is 0.0826. The van der Waals surface area contributed by atoms with Crippen LogP contribution in [-0.4, -0.2) is 10.2 Å². The molecule has 0 fully saturated rings. The lowest BCUT2D eigenvalue weighted by Gasteiger charge is -2.21. The summed E-state index contributed by atoms with van der Waals surface area (Å²) in [6, 6.07) is 3.21. The van der Waals surface area contributed by atoms with Crippen molar-refractivity contribution in [3.05, 3.63) is 23.3 Å². The summed E-state index contributed by atoms with van der Waals surface area (Å²) >= 11 is 5.15. The summed E-state index contributed by atoms with van der Waals surface area (Å²) < 4.78 is 4.47. The van der Waals surface area contributed by atoms with Crippen molar-refractivity contribution in [2.75, 3.05) is 0 Å². The van der Waals surface area contributed by atoms with E-state index >= 15 is 0 Å². The van der Waals surface area contributed by atoms with Crippen molar-refractivity contribution in [2.45, 2.75) is 32.8 Å². The van der Waals surface area contributed by atoms with Gasteiger partial charge in [0.25, 0.3) is 0 Å². The Hall–Kier alpha value is -0.930. The number of hydrogen-bond donors (Lipinski definition) is 2. The Labute approximate surface area is 94.4 Å². The largest absolute Gasteiger partial charge is 0.504 e. The van der Waals surface area contributed by atoms with E-state index in [2.05, 4.69) is 4.29 Å². The number of phenolic OH excluding ortho intramolecular Hbond substituents is 2. The first-order chi connectivity index (χ1) is 6.86. The summed E-state index contributed by atoms with van der Waals surface area (Å²) in [4.78, 5) is 0. The van der Waals surface area contributed by atoms with Gasteiger partial charge in [-0.05, 0) is 23.1 Å². The predicted octanol–water partition coefficient (Wildman–Crippen LogP) is 3.07. The molecule has 15 heavy (non-hydrogen) atoms. The summed E-state index contributed by atoms with van der Waals surface area (Å²) in [7, 11) is 0. The van der Waals surface area contributed by atoms with Crippen LogP contribution in [0.5, 0.6) is 11.5 Å². The van der Waals surface area contributed by atoms with Crippen molar-refractivity contribution in [1.29, 1.82) is 0 Å². The zero-order valence-corrected chi connectivity index (χ0v) is 9.80. The lowest BCUT2D eigenvalue weighted by Crippen LogP contribution is -2.12. The van der Waals surface area contributed by atoms with Gasteiger partial charge >= 0.3 is 0 Å². The highest BCUT2D eigenvalue weighted by Gasteiger charge is 2.21. The highest BCUT2D eigenvalue weighted by molar-refractivity contribution is 6.07. The first kappa shape index (κ1) is 12.1. The molecule has 0 aliphatic heterocycles. The predicted molar refractivity (Wildman–Crippen MR) is 59.1 cm³/mol. The maximum Gasteiger partial charge on any atom is 0.161 e. The number of aromatic hydroxyl groups is 2. The maximum atomic E-state index is 9.70. The van der Waals surface area contributed by atoms with Crippen LogP contribution in [0.4, 0.5) is 0 Å². The molecule has 0 saturated carbocycles. The molecule has 3 nitrogen and oxygen atoms in total. The van der Waals surface area contributed by atoms with Crippen molar-refractivity contribution >= 4 is 11.9 Å². The molecule has 84 valence electrons. The van der Waals surface area contributed by atoms with Gasteiger partial charge in [0.15, 0.2) is 11.5 Å². The first-order valence-electron chi connectivity index (χ1n) is 4.65. The normalized spacial score (nSPS) is 11.7. The Balaban J connectivity index is 3.25. The van der Waals surface area contributed by atoms with Crippen LogP contribution < -0.4 is 0 Å². The van der Waals surface area contributed by atoms with Gasteiger partial charge in [-0.15, -0.1) is 0 Å². The quantitative estimate of drug-likeness (QED) is 0.768. The van der Waals surface area contributed by atoms with Crippen molar-refractivity contribution in [3.8, 4) is 11.5 Å². The zero-order valence-electron chi connectivity index (χ0n) is 9.04. The third-order valence-corrected chi connectivity index (χ3v) is 2.29. The minimum Gasteiger partial charge on any atom is -0.504 e. The van der Waals surface area contributed by atoms with E-state index in [9.17, 15) is 10.2 Å². The fourth-order valence-corrected chi connectivity index (χ4v) is 1.52. The van der Waals surface area contributed by atoms with Crippen LogP contribution in [0.2, 0.25) is 0 Å². The van der Waals surface area contributed by atoms with Gasteiger partial charge in [0.2, 0.25) is 0 Å². The summed E-state index contributed by atoms with van der Waals surface area (Å²) in [6.07, 6.45) is 0. The van der Waals surface area contributed by atoms with E-state index in [1.165, 1.54) is 6.07 Å². The van der Waals surface area contributed by atoms with E-state index in [0.29, 0.717) is 5.56 Å². The maximum absolute atomic E-state index is 9.70. The molecule has 0 amide bonds. The molecule has 1 rings (SSSR count). The minimum atomic E-state index is -0.246. The van der Waals surface area contributed by atoms with Gasteiger partial charge < -0.3 is 10.2 Å². The Kier molecular flexibility index (Phi) is 3.47. The van der Waals surface area contributed by atoms with E-state index in [-0.39, 0.29) is 23.5 Å². The van der Waals surface area contributed by atoms with Gasteiger partial charge in [-0.25, -0.2) is 0 Å². The van der Waals surface area contributed by atoms with Crippen LogP contribution in [0.15, 0.2) is 12.1 Å². The molecule has 0 aromatic heterocycles. The summed E-state index contributed by atoms with van der Waals surface area (Å²) in [6.45, 7) is 6.05. The Morgan fingerprint density at radius 1 is 1.27 bits per heavy atom. The number of benzene rings is 1. The van der Waals surface area contributed by atoms with Crippen LogP contribution in [0.25, 0.3) is 0 Å². The van der Waals surface area contributed by atoms with Crippen LogP contribution in [0.1, 0.15) is 31.9 Å². The first-order valence-corrected chi connectivity index (χ1v) is 4.96. The fourth-order valence-electron chi connectivity index (χ4n) is 1.40. The van der Waals surface area contributed by atoms with Gasteiger partial charge in [0.05, 0.1) is 18.5 Å². The van der Waals surface area contributed by atoms with Gasteiger partial charge in [0, 0.05) is 5.56 Å². The number of hydrogen-bond acceptors (Lipinski definition) is 3. The highest BCUT2D eigenvalue weighted by atomic mass is 35.5. The number of phenols is 2. The second-order valence-corrected chi connectivity index (χ2v) is 4.73. The highest BCUT2D eigenvalue weighted by Crippen LogP contribution is 2.38. The molecule has 0 aliphatic carbocycles. The van der Waals surface area contributed by atoms with E-state index in [1.807, 2.05) is 20.8 Å². The third kappa shape index (κ3) is 2.76. The molecule has 1 aromatic carbocycles. The van der Waals surface area contributed by atoms with Gasteiger partial charge in [-0.3, -0.25) is 4.29 Å². The van der Waals surface area contributed by atoms with Crippen molar-refractivity contribution in [1.82, 2.24) is 0 Å². The molecule has 0 aliphatic rings. The molecule has 0 bridgehead atoms. The van der Waals surface area contributed by atoms with E-state index in [0.717, 1.165) is 5.56 Å². The molecule has 0 heterocycles. The van der Waals surface area contributed by atoms with Crippen LogP contribution in [0.3, 0.4) is 0 Å². The third-order valence-electron chi connectivity index (χ3n) is 2.18. The van der Waals surface area contributed by atoms with Crippen molar-refractivity contribution < 1.29 is 14.5 Å². The van der Waals surface area contributed by atoms with Crippen LogP contribution in [0, 0.1) is 0 Å². The summed E-state index contributed by atoms with van der Waals surface area (Å²) in [5.41, 5.74) is 1.15. The topological polar surface area (TPSA) is 49.7 Å². The molecule has 0 saturated heterocycles. The summed E-state index contributed by atoms with van der Waals surface area (Å²) in [5.74, 6) is -0.230. The lowest BCUT2D eigenvalue weighted by atomic mass is 9.85. The standard InChI is InChI=1S/C11H15ClO3/c1-11(2,3)8-4-7(6-15-12)5-9(13)10(8)14/h4-5,13-14H,6H2,1-3H3. The smallest absolute Gasteiger partial charge is 0.161 e. The second kappa shape index (κ2) is 4.29. The Morgan fingerprint density at radius 2 is 1.87 bits per heavy atom.